The van der Waals surface area contributed by atoms with Crippen molar-refractivity contribution in [3.05, 3.63) is 59.2 Å². The second-order valence-electron chi connectivity index (χ2n) is 8.06. The van der Waals surface area contributed by atoms with Crippen LogP contribution in [-0.4, -0.2) is 42.3 Å². The topological polar surface area (TPSA) is 111 Å². The molecular weight excluding hydrogens is 412 g/mol. The van der Waals surface area contributed by atoms with E-state index in [0.717, 1.165) is 5.56 Å². The number of rotatable bonds is 7. The van der Waals surface area contributed by atoms with Crippen molar-refractivity contribution in [2.75, 3.05) is 11.9 Å². The van der Waals surface area contributed by atoms with Gasteiger partial charge in [0.1, 0.15) is 11.8 Å². The Bertz CT molecular complexity index is 1060. The first kappa shape index (κ1) is 23.0. The van der Waals surface area contributed by atoms with Gasteiger partial charge in [-0.15, -0.1) is 0 Å². The molecule has 0 radical (unpaired) electrons. The molecule has 2 atom stereocenters. The number of nitrogens with one attached hydrogen (secondary N) is 2. The first-order valence-electron chi connectivity index (χ1n) is 10.3. The number of benzene rings is 2. The van der Waals surface area contributed by atoms with E-state index in [2.05, 4.69) is 10.6 Å². The van der Waals surface area contributed by atoms with Crippen LogP contribution in [0.4, 0.5) is 5.69 Å². The van der Waals surface area contributed by atoms with Gasteiger partial charge in [0, 0.05) is 11.1 Å². The molecule has 2 amide bonds. The van der Waals surface area contributed by atoms with Gasteiger partial charge in [0.2, 0.25) is 5.78 Å². The van der Waals surface area contributed by atoms with Gasteiger partial charge in [0.05, 0.1) is 5.69 Å². The molecule has 0 fully saturated rings. The minimum absolute atomic E-state index is 0.0842. The average molecular weight is 438 g/mol. The Morgan fingerprint density at radius 3 is 2.50 bits per heavy atom. The molecule has 1 aliphatic rings. The number of anilines is 1. The lowest BCUT2D eigenvalue weighted by atomic mass is 10.0. The van der Waals surface area contributed by atoms with Crippen LogP contribution in [0.5, 0.6) is 5.75 Å². The van der Waals surface area contributed by atoms with Crippen molar-refractivity contribution in [3.63, 3.8) is 0 Å². The van der Waals surface area contributed by atoms with Gasteiger partial charge in [-0.05, 0) is 50.1 Å². The molecule has 2 aromatic rings. The molecule has 0 aliphatic carbocycles. The molecule has 1 aliphatic heterocycles. The number of carbonyl (C=O) groups is 4. The fourth-order valence-electron chi connectivity index (χ4n) is 3.28. The summed E-state index contributed by atoms with van der Waals surface area (Å²) in [5.41, 5.74) is 2.01. The molecule has 168 valence electrons. The van der Waals surface area contributed by atoms with Crippen LogP contribution in [0.25, 0.3) is 0 Å². The average Bonchev–Trinajstić information content (AvgIpc) is 2.75. The Balaban J connectivity index is 1.68. The van der Waals surface area contributed by atoms with Gasteiger partial charge in [0.15, 0.2) is 12.7 Å². The highest BCUT2D eigenvalue weighted by molar-refractivity contribution is 6.03. The van der Waals surface area contributed by atoms with Crippen LogP contribution in [0.15, 0.2) is 42.5 Å². The quantitative estimate of drug-likeness (QED) is 0.508. The Morgan fingerprint density at radius 1 is 1.06 bits per heavy atom. The van der Waals surface area contributed by atoms with Gasteiger partial charge in [0.25, 0.3) is 11.8 Å². The summed E-state index contributed by atoms with van der Waals surface area (Å²) in [5.74, 6) is -1.64. The number of amides is 2. The maximum absolute atomic E-state index is 12.8. The van der Waals surface area contributed by atoms with Crippen LogP contribution in [0.3, 0.4) is 0 Å². The third-order valence-electron chi connectivity index (χ3n) is 5.05. The molecule has 3 rings (SSSR count). The summed E-state index contributed by atoms with van der Waals surface area (Å²) in [6, 6.07) is 10.7. The van der Waals surface area contributed by atoms with Crippen molar-refractivity contribution < 1.29 is 28.7 Å². The third-order valence-corrected chi connectivity index (χ3v) is 5.05. The van der Waals surface area contributed by atoms with Crippen LogP contribution in [0, 0.1) is 12.8 Å². The summed E-state index contributed by atoms with van der Waals surface area (Å²) in [4.78, 5) is 49.7. The summed E-state index contributed by atoms with van der Waals surface area (Å²) in [6.45, 7) is 6.81. The zero-order valence-corrected chi connectivity index (χ0v) is 18.4. The van der Waals surface area contributed by atoms with E-state index in [1.165, 1.54) is 13.0 Å². The van der Waals surface area contributed by atoms with Crippen molar-refractivity contribution in [1.29, 1.82) is 0 Å². The molecule has 0 saturated carbocycles. The van der Waals surface area contributed by atoms with Crippen LogP contribution >= 0.6 is 0 Å². The van der Waals surface area contributed by atoms with E-state index in [-0.39, 0.29) is 24.0 Å². The highest BCUT2D eigenvalue weighted by Crippen LogP contribution is 2.29. The number of ether oxygens (including phenoxy) is 2. The fraction of sp³-hybridized carbons (Fsp3) is 0.333. The molecule has 2 aromatic carbocycles. The highest BCUT2D eigenvalue weighted by Gasteiger charge is 2.30. The molecule has 1 heterocycles. The smallest absolute Gasteiger partial charge is 0.329 e. The summed E-state index contributed by atoms with van der Waals surface area (Å²) < 4.78 is 10.7. The van der Waals surface area contributed by atoms with Crippen molar-refractivity contribution in [3.8, 4) is 5.75 Å². The van der Waals surface area contributed by atoms with E-state index in [9.17, 15) is 19.2 Å². The highest BCUT2D eigenvalue weighted by atomic mass is 16.5. The monoisotopic (exact) mass is 438 g/mol. The SMILES string of the molecule is Cc1cccc(C(=O)N[C@@H](C(=O)O[C@@H](C)C(=O)c2ccc3c(c2)NC(=O)CO3)C(C)C)c1. The molecule has 2 N–H and O–H groups in total. The second-order valence-corrected chi connectivity index (χ2v) is 8.06. The molecular formula is C24H26N2O6. The van der Waals surface area contributed by atoms with E-state index in [1.807, 2.05) is 13.0 Å². The first-order valence-corrected chi connectivity index (χ1v) is 10.3. The Labute approximate surface area is 186 Å². The van der Waals surface area contributed by atoms with E-state index in [1.54, 1.807) is 44.2 Å². The van der Waals surface area contributed by atoms with Crippen molar-refractivity contribution in [2.24, 2.45) is 5.92 Å². The van der Waals surface area contributed by atoms with Gasteiger partial charge >= 0.3 is 5.97 Å². The zero-order valence-electron chi connectivity index (χ0n) is 18.4. The molecule has 0 bridgehead atoms. The number of aryl methyl sites for hydroxylation is 1. The number of esters is 1. The third kappa shape index (κ3) is 5.32. The Hall–Kier alpha value is -3.68. The molecule has 0 saturated heterocycles. The number of hydrogen-bond acceptors (Lipinski definition) is 6. The van der Waals surface area contributed by atoms with Gasteiger partial charge in [-0.25, -0.2) is 4.79 Å². The van der Waals surface area contributed by atoms with Crippen LogP contribution in [0.1, 0.15) is 47.1 Å². The molecule has 0 spiro atoms. The first-order chi connectivity index (χ1) is 15.2. The number of hydrogen-bond donors (Lipinski definition) is 2. The van der Waals surface area contributed by atoms with E-state index in [4.69, 9.17) is 9.47 Å². The van der Waals surface area contributed by atoms with Crippen molar-refractivity contribution in [2.45, 2.75) is 39.8 Å². The normalized spacial score (nSPS) is 14.5. The zero-order chi connectivity index (χ0) is 23.4. The maximum Gasteiger partial charge on any atom is 0.329 e. The van der Waals surface area contributed by atoms with E-state index >= 15 is 0 Å². The summed E-state index contributed by atoms with van der Waals surface area (Å²) in [6.07, 6.45) is -1.09. The number of Topliss-reactive ketones (excluding diaryl/α,β-unsaturated/α-hetero) is 1. The summed E-state index contributed by atoms with van der Waals surface area (Å²) in [7, 11) is 0. The maximum atomic E-state index is 12.8. The number of fused-ring (bicyclic) bond motifs is 1. The molecule has 8 heteroatoms. The minimum atomic E-state index is -1.09. The standard InChI is InChI=1S/C24H26N2O6/c1-13(2)21(26-23(29)17-7-5-6-14(3)10-17)24(30)32-15(4)22(28)16-8-9-19-18(11-16)25-20(27)12-31-19/h5-11,13,15,21H,12H2,1-4H3,(H,25,27)(H,26,29)/t15-,21+/m0/s1. The summed E-state index contributed by atoms with van der Waals surface area (Å²) in [5, 5.41) is 5.34. The number of ketones is 1. The summed E-state index contributed by atoms with van der Waals surface area (Å²) >= 11 is 0. The second kappa shape index (κ2) is 9.64. The van der Waals surface area contributed by atoms with Crippen LogP contribution in [0.2, 0.25) is 0 Å². The van der Waals surface area contributed by atoms with Gasteiger partial charge in [-0.1, -0.05) is 31.5 Å². The molecule has 8 nitrogen and oxygen atoms in total. The Kier molecular flexibility index (Phi) is 6.92. The Morgan fingerprint density at radius 2 is 1.81 bits per heavy atom. The van der Waals surface area contributed by atoms with Crippen molar-refractivity contribution >= 4 is 29.3 Å². The lowest BCUT2D eigenvalue weighted by molar-refractivity contribution is -0.149. The van der Waals surface area contributed by atoms with Gasteiger partial charge in [-0.3, -0.25) is 14.4 Å². The van der Waals surface area contributed by atoms with E-state index in [0.29, 0.717) is 17.0 Å². The lowest BCUT2D eigenvalue weighted by Gasteiger charge is -2.23. The fourth-order valence-corrected chi connectivity index (χ4v) is 3.28. The molecule has 0 aromatic heterocycles. The van der Waals surface area contributed by atoms with Gasteiger partial charge in [-0.2, -0.15) is 0 Å². The van der Waals surface area contributed by atoms with Gasteiger partial charge < -0.3 is 20.1 Å². The van der Waals surface area contributed by atoms with Crippen molar-refractivity contribution in [1.82, 2.24) is 5.32 Å². The largest absolute Gasteiger partial charge is 0.482 e. The van der Waals surface area contributed by atoms with E-state index < -0.39 is 29.8 Å². The van der Waals surface area contributed by atoms with Crippen LogP contribution < -0.4 is 15.4 Å². The predicted molar refractivity (Wildman–Crippen MR) is 118 cm³/mol. The number of carbonyl (C=O) groups excluding carboxylic acids is 4. The lowest BCUT2D eigenvalue weighted by Crippen LogP contribution is -2.46. The molecule has 32 heavy (non-hydrogen) atoms. The predicted octanol–water partition coefficient (Wildman–Crippen LogP) is 2.89. The van der Waals surface area contributed by atoms with Crippen LogP contribution in [-0.2, 0) is 14.3 Å². The molecule has 0 unspecified atom stereocenters. The minimum Gasteiger partial charge on any atom is -0.482 e.